The molecule has 2 aliphatic heterocycles. The van der Waals surface area contributed by atoms with Gasteiger partial charge in [-0.25, -0.2) is 9.78 Å². The van der Waals surface area contributed by atoms with Crippen LogP contribution in [0.5, 0.6) is 0 Å². The zero-order valence-electron chi connectivity index (χ0n) is 13.8. The Balaban J connectivity index is 1.52. The van der Waals surface area contributed by atoms with Gasteiger partial charge in [-0.3, -0.25) is 0 Å². The minimum atomic E-state index is 0.0432. The van der Waals surface area contributed by atoms with Crippen molar-refractivity contribution in [3.8, 4) is 0 Å². The van der Waals surface area contributed by atoms with E-state index in [1.54, 1.807) is 0 Å². The minimum absolute atomic E-state index is 0.0432. The van der Waals surface area contributed by atoms with Crippen LogP contribution in [0.2, 0.25) is 0 Å². The van der Waals surface area contributed by atoms with Crippen LogP contribution in [0, 0.1) is 5.92 Å². The van der Waals surface area contributed by atoms with Gasteiger partial charge in [0.1, 0.15) is 5.82 Å². The van der Waals surface area contributed by atoms with E-state index in [9.17, 15) is 4.79 Å². The maximum absolute atomic E-state index is 12.2. The summed E-state index contributed by atoms with van der Waals surface area (Å²) in [4.78, 5) is 20.8. The molecule has 2 amide bonds. The molecular formula is C17H26N4O2. The molecule has 0 aliphatic carbocycles. The molecular weight excluding hydrogens is 292 g/mol. The predicted octanol–water partition coefficient (Wildman–Crippen LogP) is 1.86. The maximum atomic E-state index is 12.2. The Labute approximate surface area is 137 Å². The van der Waals surface area contributed by atoms with E-state index >= 15 is 0 Å². The Bertz CT molecular complexity index is 523. The molecule has 2 aliphatic rings. The molecule has 3 heterocycles. The number of nitrogens with one attached hydrogen (secondary N) is 1. The molecule has 126 valence electrons. The molecule has 0 saturated carbocycles. The summed E-state index contributed by atoms with van der Waals surface area (Å²) in [6.07, 6.45) is 4.02. The van der Waals surface area contributed by atoms with E-state index in [1.807, 2.05) is 17.2 Å². The van der Waals surface area contributed by atoms with Gasteiger partial charge in [0.2, 0.25) is 0 Å². The summed E-state index contributed by atoms with van der Waals surface area (Å²) in [5.41, 5.74) is 1.08. The van der Waals surface area contributed by atoms with Crippen LogP contribution in [0.25, 0.3) is 0 Å². The maximum Gasteiger partial charge on any atom is 0.317 e. The van der Waals surface area contributed by atoms with Gasteiger partial charge in [0.05, 0.1) is 13.2 Å². The summed E-state index contributed by atoms with van der Waals surface area (Å²) in [5, 5.41) is 3.03. The molecule has 2 fully saturated rings. The highest BCUT2D eigenvalue weighted by Crippen LogP contribution is 2.17. The summed E-state index contributed by atoms with van der Waals surface area (Å²) in [7, 11) is 0. The van der Waals surface area contributed by atoms with E-state index in [1.165, 1.54) is 0 Å². The van der Waals surface area contributed by atoms with Crippen molar-refractivity contribution in [2.75, 3.05) is 44.3 Å². The van der Waals surface area contributed by atoms with Crippen molar-refractivity contribution in [3.05, 3.63) is 23.9 Å². The van der Waals surface area contributed by atoms with E-state index in [0.717, 1.165) is 69.5 Å². The SMILES string of the molecule is CC1CCN(C(=O)NCc2ccnc(N3CCOCC3)c2)CC1. The van der Waals surface area contributed by atoms with Crippen molar-refractivity contribution in [1.29, 1.82) is 0 Å². The highest BCUT2D eigenvalue weighted by molar-refractivity contribution is 5.74. The fourth-order valence-corrected chi connectivity index (χ4v) is 3.04. The van der Waals surface area contributed by atoms with Crippen LogP contribution in [0.15, 0.2) is 18.3 Å². The number of urea groups is 1. The van der Waals surface area contributed by atoms with E-state index in [0.29, 0.717) is 6.54 Å². The zero-order valence-corrected chi connectivity index (χ0v) is 13.8. The van der Waals surface area contributed by atoms with Crippen molar-refractivity contribution in [2.24, 2.45) is 5.92 Å². The van der Waals surface area contributed by atoms with Crippen molar-refractivity contribution in [3.63, 3.8) is 0 Å². The first-order valence-electron chi connectivity index (χ1n) is 8.53. The number of pyridine rings is 1. The van der Waals surface area contributed by atoms with Gasteiger partial charge < -0.3 is 19.9 Å². The summed E-state index contributed by atoms with van der Waals surface area (Å²) >= 11 is 0. The molecule has 1 N–H and O–H groups in total. The fraction of sp³-hybridized carbons (Fsp3) is 0.647. The molecule has 6 heteroatoms. The van der Waals surface area contributed by atoms with Crippen LogP contribution in [-0.2, 0) is 11.3 Å². The first kappa shape index (κ1) is 16.1. The lowest BCUT2D eigenvalue weighted by atomic mass is 10.00. The number of morpholine rings is 1. The van der Waals surface area contributed by atoms with Gasteiger partial charge in [0.15, 0.2) is 0 Å². The summed E-state index contributed by atoms with van der Waals surface area (Å²) in [6.45, 7) is 7.75. The van der Waals surface area contributed by atoms with E-state index < -0.39 is 0 Å². The third-order valence-corrected chi connectivity index (χ3v) is 4.66. The number of hydrogen-bond donors (Lipinski definition) is 1. The third kappa shape index (κ3) is 4.34. The fourth-order valence-electron chi connectivity index (χ4n) is 3.04. The number of carbonyl (C=O) groups excluding carboxylic acids is 1. The summed E-state index contributed by atoms with van der Waals surface area (Å²) in [6, 6.07) is 4.06. The smallest absolute Gasteiger partial charge is 0.317 e. The third-order valence-electron chi connectivity index (χ3n) is 4.66. The number of ether oxygens (including phenoxy) is 1. The topological polar surface area (TPSA) is 57.7 Å². The van der Waals surface area contributed by atoms with Crippen LogP contribution in [0.4, 0.5) is 10.6 Å². The Morgan fingerprint density at radius 1 is 1.30 bits per heavy atom. The molecule has 0 radical (unpaired) electrons. The molecule has 0 bridgehead atoms. The Morgan fingerprint density at radius 2 is 2.04 bits per heavy atom. The lowest BCUT2D eigenvalue weighted by Gasteiger charge is -2.30. The van der Waals surface area contributed by atoms with E-state index in [4.69, 9.17) is 4.74 Å². The van der Waals surface area contributed by atoms with Crippen molar-refractivity contribution >= 4 is 11.8 Å². The number of nitrogens with zero attached hydrogens (tertiary/aromatic N) is 3. The quantitative estimate of drug-likeness (QED) is 0.924. The van der Waals surface area contributed by atoms with Crippen LogP contribution in [0.1, 0.15) is 25.3 Å². The van der Waals surface area contributed by atoms with Gasteiger partial charge >= 0.3 is 6.03 Å². The zero-order chi connectivity index (χ0) is 16.1. The first-order valence-corrected chi connectivity index (χ1v) is 8.53. The molecule has 0 spiro atoms. The molecule has 1 aromatic rings. The van der Waals surface area contributed by atoms with E-state index in [-0.39, 0.29) is 6.03 Å². The second-order valence-corrected chi connectivity index (χ2v) is 6.45. The molecule has 2 saturated heterocycles. The van der Waals surface area contributed by atoms with Crippen molar-refractivity contribution < 1.29 is 9.53 Å². The number of rotatable bonds is 3. The highest BCUT2D eigenvalue weighted by atomic mass is 16.5. The molecule has 0 aromatic carbocycles. The van der Waals surface area contributed by atoms with Crippen LogP contribution in [-0.4, -0.2) is 55.3 Å². The lowest BCUT2D eigenvalue weighted by molar-refractivity contribution is 0.122. The summed E-state index contributed by atoms with van der Waals surface area (Å²) < 4.78 is 5.37. The van der Waals surface area contributed by atoms with Crippen molar-refractivity contribution in [1.82, 2.24) is 15.2 Å². The standard InChI is InChI=1S/C17H26N4O2/c1-14-3-6-21(7-4-14)17(22)19-13-15-2-5-18-16(12-15)20-8-10-23-11-9-20/h2,5,12,14H,3-4,6-11,13H2,1H3,(H,19,22). The second-order valence-electron chi connectivity index (χ2n) is 6.45. The van der Waals surface area contributed by atoms with Gasteiger partial charge in [-0.15, -0.1) is 0 Å². The Hall–Kier alpha value is -1.82. The van der Waals surface area contributed by atoms with Gasteiger partial charge in [-0.05, 0) is 36.5 Å². The highest BCUT2D eigenvalue weighted by Gasteiger charge is 2.20. The van der Waals surface area contributed by atoms with Gasteiger partial charge in [0.25, 0.3) is 0 Å². The van der Waals surface area contributed by atoms with Crippen LogP contribution in [0.3, 0.4) is 0 Å². The molecule has 6 nitrogen and oxygen atoms in total. The number of carbonyl (C=O) groups is 1. The number of aromatic nitrogens is 1. The number of anilines is 1. The van der Waals surface area contributed by atoms with E-state index in [2.05, 4.69) is 28.2 Å². The second kappa shape index (κ2) is 7.64. The van der Waals surface area contributed by atoms with Crippen LogP contribution >= 0.6 is 0 Å². The lowest BCUT2D eigenvalue weighted by Crippen LogP contribution is -2.43. The number of hydrogen-bond acceptors (Lipinski definition) is 4. The van der Waals surface area contributed by atoms with Crippen molar-refractivity contribution in [2.45, 2.75) is 26.3 Å². The van der Waals surface area contributed by atoms with Gasteiger partial charge in [0, 0.05) is 38.9 Å². The van der Waals surface area contributed by atoms with Gasteiger partial charge in [-0.1, -0.05) is 6.92 Å². The molecule has 1 aromatic heterocycles. The number of likely N-dealkylation sites (tertiary alicyclic amines) is 1. The summed E-state index contributed by atoms with van der Waals surface area (Å²) in [5.74, 6) is 1.70. The average Bonchev–Trinajstić information content (AvgIpc) is 2.61. The number of amides is 2. The molecule has 0 unspecified atom stereocenters. The first-order chi connectivity index (χ1) is 11.2. The Kier molecular flexibility index (Phi) is 5.33. The number of piperidine rings is 1. The predicted molar refractivity (Wildman–Crippen MR) is 89.5 cm³/mol. The normalized spacial score (nSPS) is 19.7. The molecule has 3 rings (SSSR count). The molecule has 23 heavy (non-hydrogen) atoms. The van der Waals surface area contributed by atoms with Crippen LogP contribution < -0.4 is 10.2 Å². The monoisotopic (exact) mass is 318 g/mol. The average molecular weight is 318 g/mol. The minimum Gasteiger partial charge on any atom is -0.378 e. The van der Waals surface area contributed by atoms with Gasteiger partial charge in [-0.2, -0.15) is 0 Å². The Morgan fingerprint density at radius 3 is 2.78 bits per heavy atom. The molecule has 0 atom stereocenters. The largest absolute Gasteiger partial charge is 0.378 e.